The first kappa shape index (κ1) is 17.5. The van der Waals surface area contributed by atoms with Crippen molar-refractivity contribution >= 4 is 11.7 Å². The predicted molar refractivity (Wildman–Crippen MR) is 92.7 cm³/mol. The van der Waals surface area contributed by atoms with Gasteiger partial charge in [-0.25, -0.2) is 9.18 Å². The lowest BCUT2D eigenvalue weighted by Gasteiger charge is -2.31. The molecule has 134 valence electrons. The standard InChI is InChI=1S/C19H23FN2O3/c20-14-7-9-15(10-8-14)21-19(24)22-11-3-1-2-5-16(22)13-17(23)18-6-4-12-25-18/h4,6-10,12,16-17,23H,1-3,5,11,13H2,(H,21,24). The Labute approximate surface area is 146 Å². The van der Waals surface area contributed by atoms with Gasteiger partial charge in [-0.05, 0) is 49.2 Å². The van der Waals surface area contributed by atoms with E-state index in [4.69, 9.17) is 4.42 Å². The number of urea groups is 1. The number of aliphatic hydroxyl groups is 1. The number of nitrogens with one attached hydrogen (secondary N) is 1. The van der Waals surface area contributed by atoms with Gasteiger partial charge in [-0.1, -0.05) is 12.8 Å². The molecular weight excluding hydrogens is 323 g/mol. The lowest BCUT2D eigenvalue weighted by Crippen LogP contribution is -2.43. The number of nitrogens with zero attached hydrogens (tertiary/aromatic N) is 1. The fourth-order valence-electron chi connectivity index (χ4n) is 3.27. The topological polar surface area (TPSA) is 65.7 Å². The number of hydrogen-bond acceptors (Lipinski definition) is 3. The van der Waals surface area contributed by atoms with Crippen LogP contribution in [0.4, 0.5) is 14.9 Å². The second-order valence-corrected chi connectivity index (χ2v) is 6.40. The molecule has 1 aromatic carbocycles. The SMILES string of the molecule is O=C(Nc1ccc(F)cc1)N1CCCCCC1CC(O)c1ccco1. The number of halogens is 1. The Kier molecular flexibility index (Phi) is 5.71. The molecule has 1 saturated heterocycles. The van der Waals surface area contributed by atoms with E-state index < -0.39 is 6.10 Å². The van der Waals surface area contributed by atoms with Gasteiger partial charge >= 0.3 is 6.03 Å². The Balaban J connectivity index is 1.68. The summed E-state index contributed by atoms with van der Waals surface area (Å²) in [6, 6.07) is 8.91. The maximum Gasteiger partial charge on any atom is 0.322 e. The average Bonchev–Trinajstić information content (AvgIpc) is 3.04. The van der Waals surface area contributed by atoms with Crippen LogP contribution in [0.5, 0.6) is 0 Å². The minimum atomic E-state index is -0.737. The van der Waals surface area contributed by atoms with E-state index in [1.807, 2.05) is 0 Å². The van der Waals surface area contributed by atoms with Crippen molar-refractivity contribution in [2.75, 3.05) is 11.9 Å². The smallest absolute Gasteiger partial charge is 0.322 e. The fraction of sp³-hybridized carbons (Fsp3) is 0.421. The molecular formula is C19H23FN2O3. The number of benzene rings is 1. The molecule has 0 aliphatic carbocycles. The van der Waals surface area contributed by atoms with E-state index in [2.05, 4.69) is 5.32 Å². The fourth-order valence-corrected chi connectivity index (χ4v) is 3.27. The summed E-state index contributed by atoms with van der Waals surface area (Å²) in [4.78, 5) is 14.5. The maximum absolute atomic E-state index is 13.0. The first-order chi connectivity index (χ1) is 12.1. The van der Waals surface area contributed by atoms with Crippen molar-refractivity contribution in [3.05, 3.63) is 54.2 Å². The largest absolute Gasteiger partial charge is 0.467 e. The van der Waals surface area contributed by atoms with Gasteiger partial charge in [-0.15, -0.1) is 0 Å². The van der Waals surface area contributed by atoms with Crippen LogP contribution in [0.25, 0.3) is 0 Å². The molecule has 0 spiro atoms. The van der Waals surface area contributed by atoms with E-state index in [0.717, 1.165) is 25.7 Å². The molecule has 2 heterocycles. The van der Waals surface area contributed by atoms with Gasteiger partial charge in [0.2, 0.25) is 0 Å². The Morgan fingerprint density at radius 2 is 2.08 bits per heavy atom. The number of likely N-dealkylation sites (tertiary alicyclic amines) is 1. The van der Waals surface area contributed by atoms with Crippen LogP contribution in [-0.4, -0.2) is 28.6 Å². The Hall–Kier alpha value is -2.34. The van der Waals surface area contributed by atoms with Crippen LogP contribution in [0.15, 0.2) is 47.1 Å². The maximum atomic E-state index is 13.0. The van der Waals surface area contributed by atoms with Gasteiger partial charge < -0.3 is 19.7 Å². The zero-order valence-corrected chi connectivity index (χ0v) is 14.0. The predicted octanol–water partition coefficient (Wildman–Crippen LogP) is 4.32. The van der Waals surface area contributed by atoms with Crippen LogP contribution in [0.3, 0.4) is 0 Å². The van der Waals surface area contributed by atoms with Gasteiger partial charge in [0.15, 0.2) is 0 Å². The zero-order valence-electron chi connectivity index (χ0n) is 14.0. The highest BCUT2D eigenvalue weighted by Gasteiger charge is 2.28. The zero-order chi connectivity index (χ0) is 17.6. The van der Waals surface area contributed by atoms with Crippen LogP contribution in [0, 0.1) is 5.82 Å². The van der Waals surface area contributed by atoms with Crippen molar-refractivity contribution in [1.29, 1.82) is 0 Å². The molecule has 1 aliphatic heterocycles. The van der Waals surface area contributed by atoms with Gasteiger partial charge in [-0.3, -0.25) is 0 Å². The second kappa shape index (κ2) is 8.16. The van der Waals surface area contributed by atoms with Crippen molar-refractivity contribution in [3.8, 4) is 0 Å². The first-order valence-electron chi connectivity index (χ1n) is 8.68. The highest BCUT2D eigenvalue weighted by Crippen LogP contribution is 2.27. The first-order valence-corrected chi connectivity index (χ1v) is 8.68. The molecule has 0 radical (unpaired) electrons. The summed E-state index contributed by atoms with van der Waals surface area (Å²) < 4.78 is 18.3. The third kappa shape index (κ3) is 4.60. The molecule has 1 aromatic heterocycles. The minimum absolute atomic E-state index is 0.0666. The monoisotopic (exact) mass is 346 g/mol. The molecule has 0 saturated carbocycles. The van der Waals surface area contributed by atoms with E-state index in [1.54, 1.807) is 17.0 Å². The molecule has 5 nitrogen and oxygen atoms in total. The molecule has 25 heavy (non-hydrogen) atoms. The Morgan fingerprint density at radius 3 is 2.80 bits per heavy atom. The summed E-state index contributed by atoms with van der Waals surface area (Å²) in [5, 5.41) is 13.2. The van der Waals surface area contributed by atoms with E-state index in [0.29, 0.717) is 24.4 Å². The summed E-state index contributed by atoms with van der Waals surface area (Å²) in [5.41, 5.74) is 0.556. The number of rotatable bonds is 4. The van der Waals surface area contributed by atoms with Crippen molar-refractivity contribution < 1.29 is 18.7 Å². The number of anilines is 1. The highest BCUT2D eigenvalue weighted by atomic mass is 19.1. The number of carbonyl (C=O) groups is 1. The number of aliphatic hydroxyl groups excluding tert-OH is 1. The molecule has 3 rings (SSSR count). The van der Waals surface area contributed by atoms with Crippen molar-refractivity contribution in [1.82, 2.24) is 4.90 Å². The number of furan rings is 1. The third-order valence-corrected chi connectivity index (χ3v) is 4.60. The summed E-state index contributed by atoms with van der Waals surface area (Å²) in [6.45, 7) is 0.641. The van der Waals surface area contributed by atoms with Crippen LogP contribution in [0.2, 0.25) is 0 Å². The molecule has 2 atom stereocenters. The molecule has 2 N–H and O–H groups in total. The summed E-state index contributed by atoms with van der Waals surface area (Å²) in [6.07, 6.45) is 5.09. The van der Waals surface area contributed by atoms with Crippen molar-refractivity contribution in [2.24, 2.45) is 0 Å². The van der Waals surface area contributed by atoms with Gasteiger partial charge in [0.25, 0.3) is 0 Å². The lowest BCUT2D eigenvalue weighted by molar-refractivity contribution is 0.0987. The third-order valence-electron chi connectivity index (χ3n) is 4.60. The Morgan fingerprint density at radius 1 is 1.28 bits per heavy atom. The van der Waals surface area contributed by atoms with Gasteiger partial charge in [0.05, 0.1) is 6.26 Å². The quantitative estimate of drug-likeness (QED) is 0.866. The van der Waals surface area contributed by atoms with Crippen molar-refractivity contribution in [3.63, 3.8) is 0 Å². The summed E-state index contributed by atoms with van der Waals surface area (Å²) in [5.74, 6) is 0.176. The Bertz CT molecular complexity index is 672. The van der Waals surface area contributed by atoms with Crippen LogP contribution < -0.4 is 5.32 Å². The second-order valence-electron chi connectivity index (χ2n) is 6.40. The van der Waals surface area contributed by atoms with E-state index >= 15 is 0 Å². The number of amides is 2. The molecule has 1 aliphatic rings. The van der Waals surface area contributed by atoms with Gasteiger partial charge in [-0.2, -0.15) is 0 Å². The van der Waals surface area contributed by atoms with Crippen LogP contribution in [0.1, 0.15) is 44.0 Å². The van der Waals surface area contributed by atoms with E-state index in [9.17, 15) is 14.3 Å². The summed E-state index contributed by atoms with van der Waals surface area (Å²) >= 11 is 0. The minimum Gasteiger partial charge on any atom is -0.467 e. The van der Waals surface area contributed by atoms with Gasteiger partial charge in [0.1, 0.15) is 17.7 Å². The van der Waals surface area contributed by atoms with Crippen LogP contribution >= 0.6 is 0 Å². The molecule has 2 amide bonds. The number of carbonyl (C=O) groups excluding carboxylic acids is 1. The molecule has 2 aromatic rings. The number of hydrogen-bond donors (Lipinski definition) is 2. The van der Waals surface area contributed by atoms with Crippen molar-refractivity contribution in [2.45, 2.75) is 44.2 Å². The van der Waals surface area contributed by atoms with E-state index in [1.165, 1.54) is 30.5 Å². The van der Waals surface area contributed by atoms with Crippen LogP contribution in [-0.2, 0) is 0 Å². The highest BCUT2D eigenvalue weighted by molar-refractivity contribution is 5.89. The van der Waals surface area contributed by atoms with E-state index in [-0.39, 0.29) is 17.9 Å². The lowest BCUT2D eigenvalue weighted by atomic mass is 10.0. The van der Waals surface area contributed by atoms with Gasteiger partial charge in [0, 0.05) is 24.7 Å². The molecule has 2 unspecified atom stereocenters. The average molecular weight is 346 g/mol. The summed E-state index contributed by atoms with van der Waals surface area (Å²) in [7, 11) is 0. The molecule has 0 bridgehead atoms. The molecule has 6 heteroatoms. The normalized spacial score (nSPS) is 19.3. The molecule has 1 fully saturated rings.